The molecule has 0 aliphatic heterocycles. The van der Waals surface area contributed by atoms with Gasteiger partial charge in [-0.05, 0) is 30.2 Å². The SMILES string of the molecule is COCCC1(CNCc2ccc(C(F)F)cc2)CC1. The third-order valence-corrected chi connectivity index (χ3v) is 3.85. The molecule has 106 valence electrons. The third kappa shape index (κ3) is 4.25. The molecule has 0 spiro atoms. The predicted octanol–water partition coefficient (Wildman–Crippen LogP) is 3.53. The average molecular weight is 269 g/mol. The number of rotatable bonds is 8. The molecule has 1 aliphatic carbocycles. The number of alkyl halides is 2. The maximum absolute atomic E-state index is 12.4. The van der Waals surface area contributed by atoms with E-state index < -0.39 is 6.43 Å². The number of hydrogen-bond acceptors (Lipinski definition) is 2. The first-order valence-corrected chi connectivity index (χ1v) is 6.72. The monoisotopic (exact) mass is 269 g/mol. The third-order valence-electron chi connectivity index (χ3n) is 3.85. The van der Waals surface area contributed by atoms with Crippen molar-refractivity contribution in [2.24, 2.45) is 5.41 Å². The van der Waals surface area contributed by atoms with Crippen molar-refractivity contribution in [3.8, 4) is 0 Å². The number of methoxy groups -OCH3 is 1. The van der Waals surface area contributed by atoms with Crippen molar-refractivity contribution in [2.45, 2.75) is 32.2 Å². The Morgan fingerprint density at radius 1 is 1.26 bits per heavy atom. The van der Waals surface area contributed by atoms with Crippen molar-refractivity contribution in [3.63, 3.8) is 0 Å². The number of hydrogen-bond donors (Lipinski definition) is 1. The van der Waals surface area contributed by atoms with Gasteiger partial charge in [-0.2, -0.15) is 0 Å². The Balaban J connectivity index is 1.73. The van der Waals surface area contributed by atoms with Crippen LogP contribution in [0.1, 0.15) is 36.8 Å². The van der Waals surface area contributed by atoms with E-state index in [1.807, 2.05) is 0 Å². The van der Waals surface area contributed by atoms with Gasteiger partial charge in [0.25, 0.3) is 6.43 Å². The van der Waals surface area contributed by atoms with Crippen LogP contribution in [0.4, 0.5) is 8.78 Å². The molecule has 1 saturated carbocycles. The lowest BCUT2D eigenvalue weighted by atomic mass is 10.0. The molecule has 0 heterocycles. The zero-order valence-electron chi connectivity index (χ0n) is 11.3. The summed E-state index contributed by atoms with van der Waals surface area (Å²) in [7, 11) is 1.73. The fraction of sp³-hybridized carbons (Fsp3) is 0.600. The van der Waals surface area contributed by atoms with Gasteiger partial charge in [-0.15, -0.1) is 0 Å². The largest absolute Gasteiger partial charge is 0.385 e. The highest BCUT2D eigenvalue weighted by Crippen LogP contribution is 2.48. The minimum atomic E-state index is -2.38. The van der Waals surface area contributed by atoms with Crippen molar-refractivity contribution in [3.05, 3.63) is 35.4 Å². The topological polar surface area (TPSA) is 21.3 Å². The Morgan fingerprint density at radius 3 is 2.47 bits per heavy atom. The minimum Gasteiger partial charge on any atom is -0.385 e. The molecule has 0 radical (unpaired) electrons. The summed E-state index contributed by atoms with van der Waals surface area (Å²) in [5.74, 6) is 0. The molecule has 0 saturated heterocycles. The molecular weight excluding hydrogens is 248 g/mol. The maximum Gasteiger partial charge on any atom is 0.263 e. The van der Waals surface area contributed by atoms with Gasteiger partial charge in [0.05, 0.1) is 0 Å². The predicted molar refractivity (Wildman–Crippen MR) is 71.3 cm³/mol. The summed E-state index contributed by atoms with van der Waals surface area (Å²) in [5, 5.41) is 3.42. The average Bonchev–Trinajstić information content (AvgIpc) is 3.17. The number of benzene rings is 1. The van der Waals surface area contributed by atoms with Gasteiger partial charge < -0.3 is 10.1 Å². The first-order chi connectivity index (χ1) is 9.15. The summed E-state index contributed by atoms with van der Waals surface area (Å²) >= 11 is 0. The lowest BCUT2D eigenvalue weighted by Crippen LogP contribution is -2.24. The van der Waals surface area contributed by atoms with Crippen LogP contribution < -0.4 is 5.32 Å². The Hall–Kier alpha value is -1.00. The molecule has 0 atom stereocenters. The standard InChI is InChI=1S/C15H21F2NO/c1-19-9-8-15(6-7-15)11-18-10-12-2-4-13(5-3-12)14(16)17/h2-5,14,18H,6-11H2,1H3. The fourth-order valence-corrected chi connectivity index (χ4v) is 2.26. The van der Waals surface area contributed by atoms with Gasteiger partial charge in [0, 0.05) is 32.4 Å². The van der Waals surface area contributed by atoms with Crippen LogP contribution in [0.15, 0.2) is 24.3 Å². The van der Waals surface area contributed by atoms with Crippen LogP contribution in [-0.2, 0) is 11.3 Å². The quantitative estimate of drug-likeness (QED) is 0.779. The second kappa shape index (κ2) is 6.44. The van der Waals surface area contributed by atoms with Gasteiger partial charge >= 0.3 is 0 Å². The maximum atomic E-state index is 12.4. The molecule has 0 amide bonds. The number of nitrogens with one attached hydrogen (secondary N) is 1. The van der Waals surface area contributed by atoms with Crippen molar-refractivity contribution in [1.29, 1.82) is 0 Å². The molecule has 1 aliphatic rings. The molecule has 1 N–H and O–H groups in total. The van der Waals surface area contributed by atoms with Crippen LogP contribution >= 0.6 is 0 Å². The molecule has 4 heteroatoms. The smallest absolute Gasteiger partial charge is 0.263 e. The van der Waals surface area contributed by atoms with E-state index in [0.717, 1.165) is 31.7 Å². The Labute approximate surface area is 113 Å². The highest BCUT2D eigenvalue weighted by molar-refractivity contribution is 5.23. The van der Waals surface area contributed by atoms with E-state index in [1.54, 1.807) is 19.2 Å². The van der Waals surface area contributed by atoms with Gasteiger partial charge in [0.15, 0.2) is 0 Å². The molecule has 2 rings (SSSR count). The van der Waals surface area contributed by atoms with Crippen LogP contribution in [-0.4, -0.2) is 20.3 Å². The van der Waals surface area contributed by atoms with E-state index in [-0.39, 0.29) is 5.56 Å². The van der Waals surface area contributed by atoms with Gasteiger partial charge in [-0.1, -0.05) is 24.3 Å². The van der Waals surface area contributed by atoms with E-state index in [0.29, 0.717) is 5.41 Å². The second-order valence-corrected chi connectivity index (χ2v) is 5.39. The molecule has 2 nitrogen and oxygen atoms in total. The second-order valence-electron chi connectivity index (χ2n) is 5.39. The summed E-state index contributed by atoms with van der Waals surface area (Å²) in [6, 6.07) is 6.53. The van der Waals surface area contributed by atoms with Crippen LogP contribution in [0.25, 0.3) is 0 Å². The van der Waals surface area contributed by atoms with Crippen molar-refractivity contribution >= 4 is 0 Å². The van der Waals surface area contributed by atoms with Gasteiger partial charge in [0.1, 0.15) is 0 Å². The molecule has 19 heavy (non-hydrogen) atoms. The van der Waals surface area contributed by atoms with Gasteiger partial charge in [-0.25, -0.2) is 8.78 Å². The lowest BCUT2D eigenvalue weighted by molar-refractivity contribution is 0.151. The molecule has 1 aromatic carbocycles. The highest BCUT2D eigenvalue weighted by Gasteiger charge is 2.41. The normalized spacial score (nSPS) is 16.8. The van der Waals surface area contributed by atoms with Gasteiger partial charge in [0.2, 0.25) is 0 Å². The number of ether oxygens (including phenoxy) is 1. The van der Waals surface area contributed by atoms with E-state index >= 15 is 0 Å². The summed E-state index contributed by atoms with van der Waals surface area (Å²) in [4.78, 5) is 0. The summed E-state index contributed by atoms with van der Waals surface area (Å²) < 4.78 is 29.9. The van der Waals surface area contributed by atoms with Crippen molar-refractivity contribution in [2.75, 3.05) is 20.3 Å². The van der Waals surface area contributed by atoms with E-state index in [4.69, 9.17) is 4.74 Å². The summed E-state index contributed by atoms with van der Waals surface area (Å²) in [5.41, 5.74) is 1.55. The van der Waals surface area contributed by atoms with Crippen LogP contribution in [0.2, 0.25) is 0 Å². The minimum absolute atomic E-state index is 0.0857. The van der Waals surface area contributed by atoms with Gasteiger partial charge in [-0.3, -0.25) is 0 Å². The molecule has 0 aromatic heterocycles. The first kappa shape index (κ1) is 14.4. The Morgan fingerprint density at radius 2 is 1.95 bits per heavy atom. The zero-order chi connectivity index (χ0) is 13.7. The first-order valence-electron chi connectivity index (χ1n) is 6.72. The molecular formula is C15H21F2NO. The molecule has 1 fully saturated rings. The van der Waals surface area contributed by atoms with E-state index in [9.17, 15) is 8.78 Å². The highest BCUT2D eigenvalue weighted by atomic mass is 19.3. The summed E-state index contributed by atoms with van der Waals surface area (Å²) in [6.45, 7) is 2.52. The summed E-state index contributed by atoms with van der Waals surface area (Å²) in [6.07, 6.45) is 1.23. The van der Waals surface area contributed by atoms with E-state index in [2.05, 4.69) is 5.32 Å². The van der Waals surface area contributed by atoms with Crippen molar-refractivity contribution in [1.82, 2.24) is 5.32 Å². The van der Waals surface area contributed by atoms with Crippen LogP contribution in [0.3, 0.4) is 0 Å². The lowest BCUT2D eigenvalue weighted by Gasteiger charge is -2.15. The zero-order valence-corrected chi connectivity index (χ0v) is 11.3. The van der Waals surface area contributed by atoms with Crippen LogP contribution in [0.5, 0.6) is 0 Å². The Kier molecular flexibility index (Phi) is 4.88. The number of halogens is 2. The van der Waals surface area contributed by atoms with Crippen LogP contribution in [0, 0.1) is 5.41 Å². The van der Waals surface area contributed by atoms with E-state index in [1.165, 1.54) is 25.0 Å². The molecule has 0 unspecified atom stereocenters. The van der Waals surface area contributed by atoms with Crippen molar-refractivity contribution < 1.29 is 13.5 Å². The Bertz CT molecular complexity index is 388. The fourth-order valence-electron chi connectivity index (χ4n) is 2.26. The molecule has 1 aromatic rings. The molecule has 0 bridgehead atoms.